The van der Waals surface area contributed by atoms with Gasteiger partial charge in [0, 0.05) is 29.8 Å². The number of sulfone groups is 1. The molecule has 1 heterocycles. The van der Waals surface area contributed by atoms with Crippen LogP contribution in [0, 0.1) is 23.0 Å². The third-order valence-corrected chi connectivity index (χ3v) is 5.88. The molecular formula is C16H22N2O5S. The molecule has 132 valence electrons. The minimum atomic E-state index is -3.12. The van der Waals surface area contributed by atoms with Crippen LogP contribution in [-0.2, 0) is 9.84 Å². The Kier molecular flexibility index (Phi) is 5.27. The normalized spacial score (nSPS) is 19.4. The number of benzene rings is 1. The van der Waals surface area contributed by atoms with Crippen LogP contribution < -0.4 is 0 Å². The Balaban J connectivity index is 2.34. The van der Waals surface area contributed by atoms with E-state index in [0.717, 1.165) is 0 Å². The molecule has 7 nitrogen and oxygen atoms in total. The Labute approximate surface area is 141 Å². The first-order valence-corrected chi connectivity index (χ1v) is 9.69. The SMILES string of the molecule is Cc1ccc(C(=O)N(CC(C)C)[C@H]2CCS(=O)(=O)C2)cc1[N+](=O)[O-]. The van der Waals surface area contributed by atoms with Gasteiger partial charge in [-0.2, -0.15) is 0 Å². The summed E-state index contributed by atoms with van der Waals surface area (Å²) in [6.07, 6.45) is 0.411. The highest BCUT2D eigenvalue weighted by Gasteiger charge is 2.35. The van der Waals surface area contributed by atoms with E-state index in [1.807, 2.05) is 13.8 Å². The van der Waals surface area contributed by atoms with Gasteiger partial charge in [-0.15, -0.1) is 0 Å². The van der Waals surface area contributed by atoms with Crippen LogP contribution in [0.5, 0.6) is 0 Å². The average Bonchev–Trinajstić information content (AvgIpc) is 2.84. The van der Waals surface area contributed by atoms with E-state index in [1.165, 1.54) is 6.07 Å². The molecule has 24 heavy (non-hydrogen) atoms. The van der Waals surface area contributed by atoms with Gasteiger partial charge in [-0.05, 0) is 25.3 Å². The number of carbonyl (C=O) groups excluding carboxylic acids is 1. The van der Waals surface area contributed by atoms with Gasteiger partial charge in [0.1, 0.15) is 0 Å². The van der Waals surface area contributed by atoms with Crippen LogP contribution in [0.15, 0.2) is 18.2 Å². The van der Waals surface area contributed by atoms with Crippen molar-refractivity contribution < 1.29 is 18.1 Å². The monoisotopic (exact) mass is 354 g/mol. The van der Waals surface area contributed by atoms with Crippen molar-refractivity contribution in [2.45, 2.75) is 33.2 Å². The zero-order valence-corrected chi connectivity index (χ0v) is 14.9. The first-order valence-electron chi connectivity index (χ1n) is 7.87. The summed E-state index contributed by atoms with van der Waals surface area (Å²) in [5.41, 5.74) is 0.594. The fourth-order valence-corrected chi connectivity index (χ4v) is 4.65. The maximum absolute atomic E-state index is 12.9. The summed E-state index contributed by atoms with van der Waals surface area (Å²) in [4.78, 5) is 25.0. The summed E-state index contributed by atoms with van der Waals surface area (Å²) in [5.74, 6) is -0.154. The van der Waals surface area contributed by atoms with E-state index in [1.54, 1.807) is 24.0 Å². The lowest BCUT2D eigenvalue weighted by molar-refractivity contribution is -0.385. The fourth-order valence-electron chi connectivity index (χ4n) is 2.92. The van der Waals surface area contributed by atoms with Gasteiger partial charge in [-0.3, -0.25) is 14.9 Å². The molecule has 1 aromatic rings. The van der Waals surface area contributed by atoms with Crippen molar-refractivity contribution in [3.05, 3.63) is 39.4 Å². The van der Waals surface area contributed by atoms with E-state index in [2.05, 4.69) is 0 Å². The van der Waals surface area contributed by atoms with Gasteiger partial charge in [0.15, 0.2) is 9.84 Å². The van der Waals surface area contributed by atoms with E-state index in [0.29, 0.717) is 18.5 Å². The number of nitrogens with zero attached hydrogens (tertiary/aromatic N) is 2. The Bertz CT molecular complexity index is 758. The number of rotatable bonds is 5. The molecule has 1 atom stereocenters. The molecule has 0 N–H and O–H groups in total. The van der Waals surface area contributed by atoms with Gasteiger partial charge in [-0.1, -0.05) is 19.9 Å². The summed E-state index contributed by atoms with van der Waals surface area (Å²) in [6.45, 7) is 5.92. The molecule has 1 aliphatic heterocycles. The van der Waals surface area contributed by atoms with Crippen LogP contribution in [0.25, 0.3) is 0 Å². The lowest BCUT2D eigenvalue weighted by Crippen LogP contribution is -2.43. The Morgan fingerprint density at radius 2 is 2.08 bits per heavy atom. The Hall–Kier alpha value is -1.96. The molecule has 0 aromatic heterocycles. The summed E-state index contributed by atoms with van der Waals surface area (Å²) >= 11 is 0. The van der Waals surface area contributed by atoms with Crippen LogP contribution in [0.2, 0.25) is 0 Å². The molecular weight excluding hydrogens is 332 g/mol. The molecule has 0 spiro atoms. The molecule has 1 aliphatic rings. The zero-order valence-electron chi connectivity index (χ0n) is 14.1. The summed E-state index contributed by atoms with van der Waals surface area (Å²) < 4.78 is 23.5. The molecule has 0 unspecified atom stereocenters. The molecule has 1 aromatic carbocycles. The van der Waals surface area contributed by atoms with Crippen molar-refractivity contribution in [3.63, 3.8) is 0 Å². The predicted octanol–water partition coefficient (Wildman–Crippen LogP) is 2.19. The minimum absolute atomic E-state index is 0.0422. The van der Waals surface area contributed by atoms with E-state index in [-0.39, 0.29) is 40.6 Å². The van der Waals surface area contributed by atoms with Gasteiger partial charge >= 0.3 is 0 Å². The second-order valence-corrected chi connectivity index (χ2v) is 8.90. The molecule has 0 aliphatic carbocycles. The van der Waals surface area contributed by atoms with Crippen LogP contribution in [-0.4, -0.2) is 48.2 Å². The molecule has 1 amide bonds. The molecule has 0 radical (unpaired) electrons. The van der Waals surface area contributed by atoms with Gasteiger partial charge in [-0.25, -0.2) is 8.42 Å². The molecule has 0 bridgehead atoms. The van der Waals surface area contributed by atoms with Crippen molar-refractivity contribution in [1.82, 2.24) is 4.90 Å². The highest BCUT2D eigenvalue weighted by Crippen LogP contribution is 2.24. The number of nitro benzene ring substituents is 1. The first kappa shape index (κ1) is 18.4. The van der Waals surface area contributed by atoms with Crippen molar-refractivity contribution >= 4 is 21.4 Å². The average molecular weight is 354 g/mol. The Morgan fingerprint density at radius 1 is 1.42 bits per heavy atom. The zero-order chi connectivity index (χ0) is 18.1. The molecule has 2 rings (SSSR count). The quantitative estimate of drug-likeness (QED) is 0.596. The number of aryl methyl sites for hydroxylation is 1. The van der Waals surface area contributed by atoms with Gasteiger partial charge in [0.05, 0.1) is 16.4 Å². The second-order valence-electron chi connectivity index (χ2n) is 6.67. The highest BCUT2D eigenvalue weighted by atomic mass is 32.2. The lowest BCUT2D eigenvalue weighted by atomic mass is 10.1. The van der Waals surface area contributed by atoms with Gasteiger partial charge in [0.25, 0.3) is 11.6 Å². The van der Waals surface area contributed by atoms with Gasteiger partial charge < -0.3 is 4.90 Å². The lowest BCUT2D eigenvalue weighted by Gasteiger charge is -2.30. The van der Waals surface area contributed by atoms with E-state index in [4.69, 9.17) is 0 Å². The molecule has 1 saturated heterocycles. The number of carbonyl (C=O) groups is 1. The van der Waals surface area contributed by atoms with Gasteiger partial charge in [0.2, 0.25) is 0 Å². The van der Waals surface area contributed by atoms with Crippen molar-refractivity contribution in [2.24, 2.45) is 5.92 Å². The standard InChI is InChI=1S/C16H22N2O5S/c1-11(2)9-17(14-6-7-24(22,23)10-14)16(19)13-5-4-12(3)15(8-13)18(20)21/h4-5,8,11,14H,6-7,9-10H2,1-3H3/t14-/m0/s1. The van der Waals surface area contributed by atoms with Crippen LogP contribution in [0.3, 0.4) is 0 Å². The summed E-state index contributed by atoms with van der Waals surface area (Å²) in [7, 11) is -3.12. The van der Waals surface area contributed by atoms with Crippen LogP contribution in [0.4, 0.5) is 5.69 Å². The molecule has 0 saturated carbocycles. The van der Waals surface area contributed by atoms with Crippen molar-refractivity contribution in [2.75, 3.05) is 18.1 Å². The summed E-state index contributed by atoms with van der Waals surface area (Å²) in [5, 5.41) is 11.1. The third-order valence-electron chi connectivity index (χ3n) is 4.12. The van der Waals surface area contributed by atoms with Crippen LogP contribution >= 0.6 is 0 Å². The second kappa shape index (κ2) is 6.88. The molecule has 8 heteroatoms. The van der Waals surface area contributed by atoms with Crippen LogP contribution in [0.1, 0.15) is 36.2 Å². The minimum Gasteiger partial charge on any atom is -0.334 e. The first-order chi connectivity index (χ1) is 11.1. The largest absolute Gasteiger partial charge is 0.334 e. The smallest absolute Gasteiger partial charge is 0.273 e. The summed E-state index contributed by atoms with van der Waals surface area (Å²) in [6, 6.07) is 4.01. The maximum atomic E-state index is 12.9. The fraction of sp³-hybridized carbons (Fsp3) is 0.562. The third kappa shape index (κ3) is 4.11. The number of hydrogen-bond donors (Lipinski definition) is 0. The van der Waals surface area contributed by atoms with E-state index in [9.17, 15) is 23.3 Å². The number of hydrogen-bond acceptors (Lipinski definition) is 5. The van der Waals surface area contributed by atoms with Crippen molar-refractivity contribution in [1.29, 1.82) is 0 Å². The van der Waals surface area contributed by atoms with Crippen molar-refractivity contribution in [3.8, 4) is 0 Å². The molecule has 1 fully saturated rings. The van der Waals surface area contributed by atoms with E-state index >= 15 is 0 Å². The maximum Gasteiger partial charge on any atom is 0.273 e. The highest BCUT2D eigenvalue weighted by molar-refractivity contribution is 7.91. The number of nitro groups is 1. The predicted molar refractivity (Wildman–Crippen MR) is 90.8 cm³/mol. The Morgan fingerprint density at radius 3 is 2.58 bits per heavy atom. The van der Waals surface area contributed by atoms with E-state index < -0.39 is 14.8 Å². The topological polar surface area (TPSA) is 97.6 Å². The number of amides is 1.